The van der Waals surface area contributed by atoms with Gasteiger partial charge in [0, 0.05) is 6.42 Å². The van der Waals surface area contributed by atoms with Gasteiger partial charge in [-0.25, -0.2) is 0 Å². The zero-order chi connectivity index (χ0) is 55.5. The SMILES string of the molecule is CCCCCCCCC/C=C\CCCCCCCCCC(=O)NC(COC1OC(CO)C(OC2OC(CO)C(OC3OC(CO)C(O)C(O)C3O)C(O)C2O)C(O)C1O)C(O)/C=C/CCCCCCCCCCCCC. The molecule has 3 aliphatic heterocycles. The molecule has 17 atom stereocenters. The minimum Gasteiger partial charge on any atom is -0.394 e. The summed E-state index contributed by atoms with van der Waals surface area (Å²) in [5.74, 6) is -0.281. The quantitative estimate of drug-likeness (QED) is 0.0289. The molecule has 3 rings (SSSR count). The first-order valence-electron chi connectivity index (χ1n) is 29.6. The van der Waals surface area contributed by atoms with Crippen molar-refractivity contribution in [2.45, 2.75) is 304 Å². The van der Waals surface area contributed by atoms with Gasteiger partial charge >= 0.3 is 0 Å². The summed E-state index contributed by atoms with van der Waals surface area (Å²) < 4.78 is 34.2. The average Bonchev–Trinajstić information content (AvgIpc) is 3.42. The van der Waals surface area contributed by atoms with Crippen molar-refractivity contribution in [3.63, 3.8) is 0 Å². The minimum absolute atomic E-state index is 0.240. The number of carbonyl (C=O) groups excluding carboxylic acids is 1. The van der Waals surface area contributed by atoms with Crippen molar-refractivity contribution in [2.75, 3.05) is 26.4 Å². The van der Waals surface area contributed by atoms with Gasteiger partial charge in [-0.3, -0.25) is 4.79 Å². The zero-order valence-corrected chi connectivity index (χ0v) is 46.2. The summed E-state index contributed by atoms with van der Waals surface area (Å²) in [6.45, 7) is 1.70. The summed E-state index contributed by atoms with van der Waals surface area (Å²) in [4.78, 5) is 13.3. The van der Waals surface area contributed by atoms with E-state index in [2.05, 4.69) is 31.3 Å². The fourth-order valence-electron chi connectivity index (χ4n) is 10.1. The van der Waals surface area contributed by atoms with E-state index in [0.29, 0.717) is 6.42 Å². The first-order chi connectivity index (χ1) is 36.8. The van der Waals surface area contributed by atoms with Gasteiger partial charge < -0.3 is 89.9 Å². The maximum Gasteiger partial charge on any atom is 0.220 e. The van der Waals surface area contributed by atoms with Crippen LogP contribution in [0.4, 0.5) is 0 Å². The molecule has 76 heavy (non-hydrogen) atoms. The van der Waals surface area contributed by atoms with Gasteiger partial charge in [-0.1, -0.05) is 173 Å². The van der Waals surface area contributed by atoms with E-state index in [1.54, 1.807) is 6.08 Å². The summed E-state index contributed by atoms with van der Waals surface area (Å²) in [6.07, 6.45) is 14.4. The molecule has 1 amide bonds. The molecular formula is C57H105NO18. The Hall–Kier alpha value is -1.73. The lowest BCUT2D eigenvalue weighted by molar-refractivity contribution is -0.379. The molecule has 19 heteroatoms. The molecule has 0 bridgehead atoms. The number of nitrogens with one attached hydrogen (secondary N) is 1. The molecule has 3 fully saturated rings. The van der Waals surface area contributed by atoms with Crippen molar-refractivity contribution >= 4 is 5.91 Å². The summed E-state index contributed by atoms with van der Waals surface area (Å²) in [7, 11) is 0. The number of aliphatic hydroxyl groups is 11. The van der Waals surface area contributed by atoms with Crippen molar-refractivity contribution in [2.24, 2.45) is 0 Å². The van der Waals surface area contributed by atoms with E-state index in [9.17, 15) is 61.0 Å². The predicted octanol–water partition coefficient (Wildman–Crippen LogP) is 4.76. The summed E-state index contributed by atoms with van der Waals surface area (Å²) >= 11 is 0. The molecule has 0 saturated carbocycles. The third kappa shape index (κ3) is 25.4. The normalized spacial score (nSPS) is 31.1. The van der Waals surface area contributed by atoms with E-state index in [1.165, 1.54) is 116 Å². The van der Waals surface area contributed by atoms with Crippen LogP contribution in [0.1, 0.15) is 200 Å². The molecule has 0 aliphatic carbocycles. The van der Waals surface area contributed by atoms with Gasteiger partial charge in [-0.15, -0.1) is 0 Å². The van der Waals surface area contributed by atoms with Crippen LogP contribution in [0.25, 0.3) is 0 Å². The standard InChI is InChI=1S/C57H105NO18/c1-3-5-7-9-11-13-15-17-18-19-20-21-23-25-27-29-31-33-35-45(63)58-40(41(62)34-32-30-28-26-24-22-16-14-12-10-8-6-4-2)39-71-55-51(69)48(66)53(43(37-60)73-55)76-57-52(70)49(67)54(44(38-61)74-57)75-56-50(68)47(65)46(64)42(36-59)72-56/h18-19,32,34,40-44,46-57,59-62,64-70H,3-17,20-31,33,35-39H2,1-2H3,(H,58,63)/b19-18-,34-32+. The number of hydrogen-bond acceptors (Lipinski definition) is 18. The second-order valence-corrected chi connectivity index (χ2v) is 21.5. The van der Waals surface area contributed by atoms with E-state index >= 15 is 0 Å². The Balaban J connectivity index is 1.51. The molecule has 3 heterocycles. The molecule has 0 radical (unpaired) electrons. The number of rotatable bonds is 43. The fourth-order valence-corrected chi connectivity index (χ4v) is 10.1. The lowest BCUT2D eigenvalue weighted by Crippen LogP contribution is -2.66. The topological polar surface area (TPSA) is 307 Å². The minimum atomic E-state index is -1.98. The Kier molecular flexibility index (Phi) is 37.2. The molecule has 19 nitrogen and oxygen atoms in total. The van der Waals surface area contributed by atoms with Gasteiger partial charge in [0.1, 0.15) is 73.2 Å². The first-order valence-corrected chi connectivity index (χ1v) is 29.6. The largest absolute Gasteiger partial charge is 0.394 e. The van der Waals surface area contributed by atoms with E-state index < -0.39 is 124 Å². The molecule has 0 aromatic heterocycles. The molecule has 0 aromatic rings. The molecule has 3 saturated heterocycles. The molecule has 3 aliphatic rings. The van der Waals surface area contributed by atoms with Crippen molar-refractivity contribution in [1.29, 1.82) is 0 Å². The Morgan fingerprint density at radius 2 is 0.829 bits per heavy atom. The molecular weight excluding hydrogens is 987 g/mol. The van der Waals surface area contributed by atoms with E-state index in [1.807, 2.05) is 6.08 Å². The highest BCUT2D eigenvalue weighted by molar-refractivity contribution is 5.76. The molecule has 0 spiro atoms. The van der Waals surface area contributed by atoms with Gasteiger partial charge in [0.2, 0.25) is 5.91 Å². The number of allylic oxidation sites excluding steroid dienone is 3. The van der Waals surface area contributed by atoms with Crippen molar-refractivity contribution in [1.82, 2.24) is 5.32 Å². The van der Waals surface area contributed by atoms with Crippen LogP contribution in [0.15, 0.2) is 24.3 Å². The predicted molar refractivity (Wildman–Crippen MR) is 286 cm³/mol. The van der Waals surface area contributed by atoms with Crippen LogP contribution in [0, 0.1) is 0 Å². The summed E-state index contributed by atoms with van der Waals surface area (Å²) in [5.41, 5.74) is 0. The monoisotopic (exact) mass is 1090 g/mol. The third-order valence-corrected chi connectivity index (χ3v) is 15.0. The molecule has 0 aromatic carbocycles. The lowest BCUT2D eigenvalue weighted by Gasteiger charge is -2.48. The third-order valence-electron chi connectivity index (χ3n) is 15.0. The van der Waals surface area contributed by atoms with Gasteiger partial charge in [0.05, 0.1) is 38.6 Å². The van der Waals surface area contributed by atoms with Crippen molar-refractivity contribution in [3.05, 3.63) is 24.3 Å². The average molecular weight is 1090 g/mol. The molecule has 446 valence electrons. The second-order valence-electron chi connectivity index (χ2n) is 21.5. The zero-order valence-electron chi connectivity index (χ0n) is 46.2. The number of carbonyl (C=O) groups is 1. The first kappa shape index (κ1) is 68.5. The Bertz CT molecular complexity index is 1490. The van der Waals surface area contributed by atoms with Crippen LogP contribution in [0.2, 0.25) is 0 Å². The molecule has 12 N–H and O–H groups in total. The van der Waals surface area contributed by atoms with E-state index in [-0.39, 0.29) is 18.9 Å². The smallest absolute Gasteiger partial charge is 0.220 e. The van der Waals surface area contributed by atoms with E-state index in [4.69, 9.17) is 28.4 Å². The number of hydrogen-bond donors (Lipinski definition) is 12. The van der Waals surface area contributed by atoms with Gasteiger partial charge in [-0.2, -0.15) is 0 Å². The Morgan fingerprint density at radius 3 is 1.28 bits per heavy atom. The van der Waals surface area contributed by atoms with Gasteiger partial charge in [-0.05, 0) is 44.9 Å². The highest BCUT2D eigenvalue weighted by atomic mass is 16.8. The van der Waals surface area contributed by atoms with Crippen LogP contribution in [0.3, 0.4) is 0 Å². The highest BCUT2D eigenvalue weighted by Crippen LogP contribution is 2.33. The van der Waals surface area contributed by atoms with Crippen LogP contribution in [-0.2, 0) is 33.2 Å². The van der Waals surface area contributed by atoms with E-state index in [0.717, 1.165) is 57.8 Å². The fraction of sp³-hybridized carbons (Fsp3) is 0.912. The summed E-state index contributed by atoms with van der Waals surface area (Å²) in [6, 6.07) is -0.971. The Morgan fingerprint density at radius 1 is 0.461 bits per heavy atom. The van der Waals surface area contributed by atoms with Crippen LogP contribution < -0.4 is 5.32 Å². The maximum absolute atomic E-state index is 13.3. The van der Waals surface area contributed by atoms with Crippen LogP contribution in [0.5, 0.6) is 0 Å². The second kappa shape index (κ2) is 41.3. The summed E-state index contributed by atoms with van der Waals surface area (Å²) in [5, 5.41) is 120. The van der Waals surface area contributed by atoms with Crippen molar-refractivity contribution < 1.29 is 89.4 Å². The lowest BCUT2D eigenvalue weighted by atomic mass is 9.96. The van der Waals surface area contributed by atoms with Crippen LogP contribution >= 0.6 is 0 Å². The highest BCUT2D eigenvalue weighted by Gasteiger charge is 2.53. The number of aliphatic hydroxyl groups excluding tert-OH is 11. The van der Waals surface area contributed by atoms with Gasteiger partial charge in [0.25, 0.3) is 0 Å². The Labute approximate surface area is 454 Å². The number of amides is 1. The number of ether oxygens (including phenoxy) is 6. The van der Waals surface area contributed by atoms with Gasteiger partial charge in [0.15, 0.2) is 18.9 Å². The van der Waals surface area contributed by atoms with Crippen molar-refractivity contribution in [3.8, 4) is 0 Å². The number of unbranched alkanes of at least 4 members (excludes halogenated alkanes) is 25. The van der Waals surface area contributed by atoms with Crippen LogP contribution in [-0.4, -0.2) is 193 Å². The molecule has 17 unspecified atom stereocenters. The maximum atomic E-state index is 13.3.